The monoisotopic (exact) mass is 240 g/mol. The Labute approximate surface area is 101 Å². The fourth-order valence-electron chi connectivity index (χ4n) is 2.31. The summed E-state index contributed by atoms with van der Waals surface area (Å²) in [6.45, 7) is 5.68. The Balaban J connectivity index is 2.07. The van der Waals surface area contributed by atoms with Crippen molar-refractivity contribution in [1.82, 2.24) is 5.32 Å². The molecule has 1 saturated heterocycles. The second-order valence-electron chi connectivity index (χ2n) is 4.85. The Morgan fingerprint density at radius 3 is 2.82 bits per heavy atom. The maximum atomic E-state index is 13.6. The van der Waals surface area contributed by atoms with Crippen molar-refractivity contribution < 1.29 is 8.78 Å². The van der Waals surface area contributed by atoms with Crippen LogP contribution in [0.1, 0.15) is 20.3 Å². The first kappa shape index (κ1) is 12.3. The van der Waals surface area contributed by atoms with Gasteiger partial charge in [0.25, 0.3) is 0 Å². The second kappa shape index (κ2) is 5.00. The smallest absolute Gasteiger partial charge is 0.146 e. The van der Waals surface area contributed by atoms with Gasteiger partial charge in [0, 0.05) is 31.2 Å². The zero-order valence-corrected chi connectivity index (χ0v) is 10.2. The first-order valence-corrected chi connectivity index (χ1v) is 6.02. The number of nitrogens with one attached hydrogen (secondary N) is 1. The van der Waals surface area contributed by atoms with Gasteiger partial charge in [-0.15, -0.1) is 0 Å². The Hall–Kier alpha value is -1.16. The van der Waals surface area contributed by atoms with E-state index in [4.69, 9.17) is 0 Å². The third-order valence-corrected chi connectivity index (χ3v) is 3.01. The quantitative estimate of drug-likeness (QED) is 0.873. The van der Waals surface area contributed by atoms with Crippen LogP contribution >= 0.6 is 0 Å². The van der Waals surface area contributed by atoms with Crippen LogP contribution in [0.2, 0.25) is 0 Å². The van der Waals surface area contributed by atoms with E-state index in [1.54, 1.807) is 0 Å². The summed E-state index contributed by atoms with van der Waals surface area (Å²) in [7, 11) is 0. The van der Waals surface area contributed by atoms with Crippen molar-refractivity contribution in [2.75, 3.05) is 18.0 Å². The average Bonchev–Trinajstić information content (AvgIpc) is 2.69. The molecule has 0 aromatic heterocycles. The van der Waals surface area contributed by atoms with Crippen LogP contribution < -0.4 is 10.2 Å². The highest BCUT2D eigenvalue weighted by atomic mass is 19.1. The zero-order chi connectivity index (χ0) is 12.4. The molecular formula is C13H18F2N2. The number of halogens is 2. The zero-order valence-electron chi connectivity index (χ0n) is 10.2. The molecule has 2 rings (SSSR count). The number of hydrogen-bond acceptors (Lipinski definition) is 2. The van der Waals surface area contributed by atoms with Crippen molar-refractivity contribution in [2.45, 2.75) is 32.4 Å². The lowest BCUT2D eigenvalue weighted by molar-refractivity contribution is 0.491. The molecule has 1 heterocycles. The fraction of sp³-hybridized carbons (Fsp3) is 0.538. The molecule has 17 heavy (non-hydrogen) atoms. The van der Waals surface area contributed by atoms with E-state index in [0.717, 1.165) is 25.6 Å². The molecule has 1 aromatic rings. The van der Waals surface area contributed by atoms with Crippen LogP contribution in [0.3, 0.4) is 0 Å². The number of anilines is 1. The minimum Gasteiger partial charge on any atom is -0.367 e. The molecule has 1 N–H and O–H groups in total. The molecule has 0 aliphatic carbocycles. The predicted octanol–water partition coefficient (Wildman–Crippen LogP) is 2.54. The van der Waals surface area contributed by atoms with Gasteiger partial charge in [-0.1, -0.05) is 13.8 Å². The first-order valence-electron chi connectivity index (χ1n) is 6.02. The largest absolute Gasteiger partial charge is 0.367 e. The Morgan fingerprint density at radius 1 is 1.35 bits per heavy atom. The summed E-state index contributed by atoms with van der Waals surface area (Å²) in [4.78, 5) is 1.90. The van der Waals surface area contributed by atoms with Gasteiger partial charge in [-0.3, -0.25) is 0 Å². The van der Waals surface area contributed by atoms with Gasteiger partial charge >= 0.3 is 0 Å². The molecule has 1 aliphatic rings. The lowest BCUT2D eigenvalue weighted by Crippen LogP contribution is -2.37. The summed E-state index contributed by atoms with van der Waals surface area (Å²) >= 11 is 0. The van der Waals surface area contributed by atoms with E-state index in [9.17, 15) is 8.78 Å². The van der Waals surface area contributed by atoms with E-state index in [1.807, 2.05) is 4.90 Å². The van der Waals surface area contributed by atoms with Crippen molar-refractivity contribution in [3.63, 3.8) is 0 Å². The van der Waals surface area contributed by atoms with Crippen LogP contribution in [0.15, 0.2) is 18.2 Å². The van der Waals surface area contributed by atoms with Gasteiger partial charge in [-0.2, -0.15) is 0 Å². The molecule has 0 spiro atoms. The molecule has 1 aromatic carbocycles. The van der Waals surface area contributed by atoms with Crippen LogP contribution in [-0.4, -0.2) is 25.2 Å². The average molecular weight is 240 g/mol. The molecule has 0 bridgehead atoms. The highest BCUT2D eigenvalue weighted by molar-refractivity contribution is 5.49. The normalized spacial score (nSPS) is 20.3. The fourth-order valence-corrected chi connectivity index (χ4v) is 2.31. The van der Waals surface area contributed by atoms with Crippen LogP contribution in [0, 0.1) is 11.6 Å². The van der Waals surface area contributed by atoms with Gasteiger partial charge in [0.15, 0.2) is 0 Å². The van der Waals surface area contributed by atoms with Gasteiger partial charge in [0.05, 0.1) is 5.69 Å². The first-order chi connectivity index (χ1) is 8.06. The van der Waals surface area contributed by atoms with Crippen LogP contribution in [-0.2, 0) is 0 Å². The Bertz CT molecular complexity index is 393. The third-order valence-electron chi connectivity index (χ3n) is 3.01. The highest BCUT2D eigenvalue weighted by Crippen LogP contribution is 2.24. The van der Waals surface area contributed by atoms with Crippen molar-refractivity contribution >= 4 is 5.69 Å². The molecule has 0 amide bonds. The summed E-state index contributed by atoms with van der Waals surface area (Å²) in [5.74, 6) is -0.738. The molecule has 0 radical (unpaired) electrons. The standard InChI is InChI=1S/C13H18F2N2/c1-9(2)16-11-5-6-17(8-11)13-7-10(14)3-4-12(13)15/h3-4,7,9,11,16H,5-6,8H2,1-2H3. The molecule has 1 fully saturated rings. The molecule has 1 atom stereocenters. The van der Waals surface area contributed by atoms with Crippen LogP contribution in [0.4, 0.5) is 14.5 Å². The molecular weight excluding hydrogens is 222 g/mol. The van der Waals surface area contributed by atoms with Crippen LogP contribution in [0.25, 0.3) is 0 Å². The Kier molecular flexibility index (Phi) is 3.62. The summed E-state index contributed by atoms with van der Waals surface area (Å²) in [6, 6.07) is 4.38. The Morgan fingerprint density at radius 2 is 2.12 bits per heavy atom. The predicted molar refractivity (Wildman–Crippen MR) is 65.2 cm³/mol. The van der Waals surface area contributed by atoms with Gasteiger partial charge in [-0.05, 0) is 18.6 Å². The molecule has 0 saturated carbocycles. The van der Waals surface area contributed by atoms with Crippen molar-refractivity contribution in [3.05, 3.63) is 29.8 Å². The molecule has 1 unspecified atom stereocenters. The maximum Gasteiger partial charge on any atom is 0.146 e. The van der Waals surface area contributed by atoms with E-state index in [-0.39, 0.29) is 11.6 Å². The molecule has 4 heteroatoms. The number of rotatable bonds is 3. The summed E-state index contributed by atoms with van der Waals surface area (Å²) in [6.07, 6.45) is 0.966. The summed E-state index contributed by atoms with van der Waals surface area (Å²) in [5.41, 5.74) is 0.373. The number of nitrogens with zero attached hydrogens (tertiary/aromatic N) is 1. The number of hydrogen-bond donors (Lipinski definition) is 1. The second-order valence-corrected chi connectivity index (χ2v) is 4.85. The van der Waals surface area contributed by atoms with Crippen molar-refractivity contribution in [2.24, 2.45) is 0 Å². The minimum absolute atomic E-state index is 0.350. The third kappa shape index (κ3) is 2.94. The van der Waals surface area contributed by atoms with Crippen molar-refractivity contribution in [3.8, 4) is 0 Å². The van der Waals surface area contributed by atoms with E-state index in [1.165, 1.54) is 12.1 Å². The lowest BCUT2D eigenvalue weighted by Gasteiger charge is -2.20. The van der Waals surface area contributed by atoms with Crippen molar-refractivity contribution in [1.29, 1.82) is 0 Å². The maximum absolute atomic E-state index is 13.6. The van der Waals surface area contributed by atoms with E-state index in [2.05, 4.69) is 19.2 Å². The molecule has 1 aliphatic heterocycles. The van der Waals surface area contributed by atoms with Gasteiger partial charge in [-0.25, -0.2) is 8.78 Å². The summed E-state index contributed by atoms with van der Waals surface area (Å²) < 4.78 is 26.7. The van der Waals surface area contributed by atoms with Gasteiger partial charge in [0.1, 0.15) is 11.6 Å². The number of benzene rings is 1. The van der Waals surface area contributed by atoms with E-state index in [0.29, 0.717) is 17.8 Å². The summed E-state index contributed by atoms with van der Waals surface area (Å²) in [5, 5.41) is 3.42. The highest BCUT2D eigenvalue weighted by Gasteiger charge is 2.24. The van der Waals surface area contributed by atoms with Crippen LogP contribution in [0.5, 0.6) is 0 Å². The SMILES string of the molecule is CC(C)NC1CCN(c2cc(F)ccc2F)C1. The van der Waals surface area contributed by atoms with Gasteiger partial charge in [0.2, 0.25) is 0 Å². The molecule has 94 valence electrons. The van der Waals surface area contributed by atoms with E-state index >= 15 is 0 Å². The van der Waals surface area contributed by atoms with Gasteiger partial charge < -0.3 is 10.2 Å². The molecule has 2 nitrogen and oxygen atoms in total. The topological polar surface area (TPSA) is 15.3 Å². The lowest BCUT2D eigenvalue weighted by atomic mass is 10.2. The van der Waals surface area contributed by atoms with E-state index < -0.39 is 0 Å². The minimum atomic E-state index is -0.387.